The van der Waals surface area contributed by atoms with Crippen LogP contribution in [0.15, 0.2) is 24.3 Å². The Labute approximate surface area is 105 Å². The molecule has 1 amide bonds. The Morgan fingerprint density at radius 1 is 1.50 bits per heavy atom. The second kappa shape index (κ2) is 5.14. The molecule has 0 saturated carbocycles. The number of rotatable bonds is 2. The largest absolute Gasteiger partial charge is 0.333 e. The van der Waals surface area contributed by atoms with E-state index in [9.17, 15) is 14.9 Å². The molecule has 1 aliphatic heterocycles. The van der Waals surface area contributed by atoms with E-state index in [1.54, 1.807) is 17.0 Å². The predicted octanol–water partition coefficient (Wildman–Crippen LogP) is 1.03. The zero-order valence-corrected chi connectivity index (χ0v) is 10.1. The highest BCUT2D eigenvalue weighted by molar-refractivity contribution is 5.98. The molecular weight excluding hydrogens is 234 g/mol. The minimum absolute atomic E-state index is 0.0473. The molecule has 1 aromatic rings. The molecule has 6 nitrogen and oxygen atoms in total. The quantitative estimate of drug-likeness (QED) is 0.627. The zero-order chi connectivity index (χ0) is 13.1. The third-order valence-corrected chi connectivity index (χ3v) is 3.09. The van der Waals surface area contributed by atoms with Crippen molar-refractivity contribution < 1.29 is 9.72 Å². The Bertz CT molecular complexity index is 475. The summed E-state index contributed by atoms with van der Waals surface area (Å²) in [5, 5.41) is 14.1. The van der Waals surface area contributed by atoms with Crippen LogP contribution < -0.4 is 5.32 Å². The fraction of sp³-hybridized carbons (Fsp3) is 0.417. The van der Waals surface area contributed by atoms with Gasteiger partial charge in [-0.3, -0.25) is 14.9 Å². The molecule has 1 aromatic carbocycles. The lowest BCUT2D eigenvalue weighted by Gasteiger charge is -2.33. The smallest absolute Gasteiger partial charge is 0.282 e. The van der Waals surface area contributed by atoms with E-state index in [1.807, 2.05) is 6.92 Å². The van der Waals surface area contributed by atoms with Crippen molar-refractivity contribution >= 4 is 11.6 Å². The normalized spacial score (nSPS) is 19.6. The number of nitrogens with zero attached hydrogens (tertiary/aromatic N) is 2. The molecule has 1 N–H and O–H groups in total. The van der Waals surface area contributed by atoms with Crippen molar-refractivity contribution in [1.29, 1.82) is 0 Å². The standard InChI is InChI=1S/C12H15N3O3/c1-9-8-13-6-7-14(9)12(16)10-4-2-3-5-11(10)15(17)18/h2-5,9,13H,6-8H2,1H3. The van der Waals surface area contributed by atoms with Crippen molar-refractivity contribution in [3.05, 3.63) is 39.9 Å². The number of carbonyl (C=O) groups excluding carboxylic acids is 1. The highest BCUT2D eigenvalue weighted by atomic mass is 16.6. The van der Waals surface area contributed by atoms with Crippen LogP contribution in [-0.4, -0.2) is 41.4 Å². The highest BCUT2D eigenvalue weighted by Crippen LogP contribution is 2.20. The van der Waals surface area contributed by atoms with Crippen molar-refractivity contribution in [1.82, 2.24) is 10.2 Å². The molecule has 96 valence electrons. The zero-order valence-electron chi connectivity index (χ0n) is 10.1. The average Bonchev–Trinajstić information content (AvgIpc) is 2.38. The maximum Gasteiger partial charge on any atom is 0.282 e. The molecule has 6 heteroatoms. The second-order valence-electron chi connectivity index (χ2n) is 4.33. The number of hydrogen-bond acceptors (Lipinski definition) is 4. The number of benzene rings is 1. The van der Waals surface area contributed by atoms with E-state index < -0.39 is 4.92 Å². The van der Waals surface area contributed by atoms with Gasteiger partial charge in [-0.15, -0.1) is 0 Å². The first-order valence-electron chi connectivity index (χ1n) is 5.86. The maximum atomic E-state index is 12.3. The van der Waals surface area contributed by atoms with Gasteiger partial charge < -0.3 is 10.2 Å². The Kier molecular flexibility index (Phi) is 3.57. The summed E-state index contributed by atoms with van der Waals surface area (Å²) in [5.74, 6) is -0.267. The van der Waals surface area contributed by atoms with E-state index in [0.29, 0.717) is 13.1 Å². The molecule has 0 aromatic heterocycles. The van der Waals surface area contributed by atoms with Gasteiger partial charge in [0.2, 0.25) is 0 Å². The lowest BCUT2D eigenvalue weighted by atomic mass is 10.1. The van der Waals surface area contributed by atoms with Crippen molar-refractivity contribution in [2.45, 2.75) is 13.0 Å². The third-order valence-electron chi connectivity index (χ3n) is 3.09. The van der Waals surface area contributed by atoms with Crippen molar-refractivity contribution in [3.63, 3.8) is 0 Å². The minimum atomic E-state index is -0.514. The summed E-state index contributed by atoms with van der Waals surface area (Å²) in [4.78, 5) is 24.4. The monoisotopic (exact) mass is 249 g/mol. The minimum Gasteiger partial charge on any atom is -0.333 e. The van der Waals surface area contributed by atoms with Gasteiger partial charge in [0.15, 0.2) is 0 Å². The van der Waals surface area contributed by atoms with Crippen LogP contribution in [0, 0.1) is 10.1 Å². The Hall–Kier alpha value is -1.95. The van der Waals surface area contributed by atoms with Crippen LogP contribution in [0.1, 0.15) is 17.3 Å². The van der Waals surface area contributed by atoms with Crippen molar-refractivity contribution in [3.8, 4) is 0 Å². The molecule has 1 atom stereocenters. The van der Waals surface area contributed by atoms with Gasteiger partial charge in [0.25, 0.3) is 11.6 Å². The van der Waals surface area contributed by atoms with Gasteiger partial charge in [-0.05, 0) is 13.0 Å². The van der Waals surface area contributed by atoms with Gasteiger partial charge >= 0.3 is 0 Å². The van der Waals surface area contributed by atoms with E-state index in [1.165, 1.54) is 12.1 Å². The Morgan fingerprint density at radius 2 is 2.22 bits per heavy atom. The number of piperazine rings is 1. The van der Waals surface area contributed by atoms with Gasteiger partial charge in [-0.25, -0.2) is 0 Å². The molecule has 1 heterocycles. The summed E-state index contributed by atoms with van der Waals surface area (Å²) >= 11 is 0. The average molecular weight is 249 g/mol. The molecule has 18 heavy (non-hydrogen) atoms. The fourth-order valence-electron chi connectivity index (χ4n) is 2.11. The Balaban J connectivity index is 2.30. The van der Waals surface area contributed by atoms with Gasteiger partial charge in [-0.1, -0.05) is 12.1 Å². The molecule has 1 unspecified atom stereocenters. The summed E-state index contributed by atoms with van der Waals surface area (Å²) in [6.07, 6.45) is 0. The third kappa shape index (κ3) is 2.33. The summed E-state index contributed by atoms with van der Waals surface area (Å²) in [5.41, 5.74) is 0.0319. The molecule has 2 rings (SSSR count). The van der Waals surface area contributed by atoms with Crippen LogP contribution >= 0.6 is 0 Å². The number of hydrogen-bond donors (Lipinski definition) is 1. The summed E-state index contributed by atoms with van der Waals surface area (Å²) < 4.78 is 0. The molecule has 1 saturated heterocycles. The molecule has 0 bridgehead atoms. The number of para-hydroxylation sites is 1. The van der Waals surface area contributed by atoms with Crippen LogP contribution in [0.3, 0.4) is 0 Å². The van der Waals surface area contributed by atoms with E-state index in [0.717, 1.165) is 6.54 Å². The lowest BCUT2D eigenvalue weighted by Crippen LogP contribution is -2.52. The number of nitro groups is 1. The van der Waals surface area contributed by atoms with Crippen molar-refractivity contribution in [2.75, 3.05) is 19.6 Å². The first-order valence-corrected chi connectivity index (χ1v) is 5.86. The number of nitro benzene ring substituents is 1. The molecule has 0 aliphatic carbocycles. The summed E-state index contributed by atoms with van der Waals surface area (Å²) in [6.45, 7) is 3.94. The van der Waals surface area contributed by atoms with Crippen LogP contribution in [-0.2, 0) is 0 Å². The number of amides is 1. The van der Waals surface area contributed by atoms with Gasteiger partial charge in [-0.2, -0.15) is 0 Å². The molecule has 1 aliphatic rings. The van der Waals surface area contributed by atoms with Crippen LogP contribution in [0.25, 0.3) is 0 Å². The maximum absolute atomic E-state index is 12.3. The summed E-state index contributed by atoms with van der Waals surface area (Å²) in [6, 6.07) is 6.13. The lowest BCUT2D eigenvalue weighted by molar-refractivity contribution is -0.385. The van der Waals surface area contributed by atoms with Crippen LogP contribution in [0.4, 0.5) is 5.69 Å². The molecule has 1 fully saturated rings. The fourth-order valence-corrected chi connectivity index (χ4v) is 2.11. The molecule has 0 radical (unpaired) electrons. The second-order valence-corrected chi connectivity index (χ2v) is 4.33. The van der Waals surface area contributed by atoms with E-state index in [4.69, 9.17) is 0 Å². The van der Waals surface area contributed by atoms with Crippen molar-refractivity contribution in [2.24, 2.45) is 0 Å². The first kappa shape index (κ1) is 12.5. The van der Waals surface area contributed by atoms with Gasteiger partial charge in [0.1, 0.15) is 5.56 Å². The molecular formula is C12H15N3O3. The topological polar surface area (TPSA) is 75.5 Å². The summed E-state index contributed by atoms with van der Waals surface area (Å²) in [7, 11) is 0. The van der Waals surface area contributed by atoms with Crippen LogP contribution in [0.2, 0.25) is 0 Å². The number of nitrogens with one attached hydrogen (secondary N) is 1. The number of carbonyl (C=O) groups is 1. The Morgan fingerprint density at radius 3 is 2.89 bits per heavy atom. The predicted molar refractivity (Wildman–Crippen MR) is 66.5 cm³/mol. The van der Waals surface area contributed by atoms with E-state index in [-0.39, 0.29) is 23.2 Å². The van der Waals surface area contributed by atoms with Crippen LogP contribution in [0.5, 0.6) is 0 Å². The van der Waals surface area contributed by atoms with E-state index >= 15 is 0 Å². The van der Waals surface area contributed by atoms with Gasteiger partial charge in [0.05, 0.1) is 4.92 Å². The first-order chi connectivity index (χ1) is 8.61. The highest BCUT2D eigenvalue weighted by Gasteiger charge is 2.28. The van der Waals surface area contributed by atoms with Gasteiger partial charge in [0, 0.05) is 31.7 Å². The molecule has 0 spiro atoms. The van der Waals surface area contributed by atoms with E-state index in [2.05, 4.69) is 5.32 Å². The SMILES string of the molecule is CC1CNCCN1C(=O)c1ccccc1[N+](=O)[O-].